The van der Waals surface area contributed by atoms with Crippen molar-refractivity contribution < 1.29 is 36.7 Å². The number of carbonyl (C=O) groups is 3. The number of hydrazone groups is 1. The summed E-state index contributed by atoms with van der Waals surface area (Å²) in [4.78, 5) is 36.2. The molecule has 2 amide bonds. The van der Waals surface area contributed by atoms with Crippen LogP contribution in [0.4, 0.5) is 23.2 Å². The molecule has 0 aromatic heterocycles. The number of benzene rings is 1. The number of halogens is 4. The third kappa shape index (κ3) is 5.58. The normalized spacial score (nSPS) is 16.2. The van der Waals surface area contributed by atoms with Crippen LogP contribution in [0, 0.1) is 5.82 Å². The Kier molecular flexibility index (Phi) is 6.26. The van der Waals surface area contributed by atoms with Crippen LogP contribution in [-0.4, -0.2) is 49.2 Å². The summed E-state index contributed by atoms with van der Waals surface area (Å²) in [5.41, 5.74) is -0.620. The van der Waals surface area contributed by atoms with Gasteiger partial charge in [-0.2, -0.15) is 23.3 Å². The highest BCUT2D eigenvalue weighted by Crippen LogP contribution is 2.22. The summed E-state index contributed by atoms with van der Waals surface area (Å²) in [6.07, 6.45) is -6.63. The smallest absolute Gasteiger partial charge is 0.383 e. The lowest BCUT2D eigenvalue weighted by atomic mass is 10.1. The minimum Gasteiger partial charge on any atom is -0.383 e. The van der Waals surface area contributed by atoms with Gasteiger partial charge in [-0.1, -0.05) is 0 Å². The molecule has 1 heterocycles. The van der Waals surface area contributed by atoms with Crippen LogP contribution in [0.2, 0.25) is 0 Å². The number of rotatable bonds is 6. The van der Waals surface area contributed by atoms with Crippen LogP contribution in [0.3, 0.4) is 0 Å². The molecule has 1 aliphatic rings. The van der Waals surface area contributed by atoms with Crippen LogP contribution < -0.4 is 10.3 Å². The molecule has 27 heavy (non-hydrogen) atoms. The zero-order chi connectivity index (χ0) is 20.2. The first-order valence-electron chi connectivity index (χ1n) is 7.67. The number of hydrogen-bond donors (Lipinski definition) is 1. The number of amides is 2. The number of nitrogens with zero attached hydrogens (tertiary/aromatic N) is 2. The van der Waals surface area contributed by atoms with Gasteiger partial charge in [0.15, 0.2) is 11.5 Å². The zero-order valence-corrected chi connectivity index (χ0v) is 14.0. The van der Waals surface area contributed by atoms with E-state index in [1.165, 1.54) is 12.1 Å². The molecule has 0 fully saturated rings. The van der Waals surface area contributed by atoms with Crippen molar-refractivity contribution >= 4 is 29.0 Å². The molecule has 0 saturated carbocycles. The quantitative estimate of drug-likeness (QED) is 0.591. The minimum absolute atomic E-state index is 0.0999. The fourth-order valence-corrected chi connectivity index (χ4v) is 2.35. The summed E-state index contributed by atoms with van der Waals surface area (Å²) in [6.45, 7) is -0.437. The Morgan fingerprint density at radius 2 is 1.93 bits per heavy atom. The second-order valence-electron chi connectivity index (χ2n) is 5.68. The van der Waals surface area contributed by atoms with E-state index in [-0.39, 0.29) is 5.69 Å². The van der Waals surface area contributed by atoms with Gasteiger partial charge in [0.1, 0.15) is 5.82 Å². The maximum absolute atomic E-state index is 13.0. The highest BCUT2D eigenvalue weighted by molar-refractivity contribution is 6.67. The van der Waals surface area contributed by atoms with Gasteiger partial charge >= 0.3 is 6.18 Å². The third-order valence-corrected chi connectivity index (χ3v) is 3.48. The Balaban J connectivity index is 2.23. The molecule has 1 aromatic carbocycles. The largest absolute Gasteiger partial charge is 0.391 e. The van der Waals surface area contributed by atoms with Gasteiger partial charge in [-0.25, -0.2) is 4.39 Å². The molecule has 1 N–H and O–H groups in total. The van der Waals surface area contributed by atoms with Gasteiger partial charge in [-0.15, -0.1) is 0 Å². The van der Waals surface area contributed by atoms with E-state index >= 15 is 0 Å². The van der Waals surface area contributed by atoms with Crippen molar-refractivity contribution in [2.45, 2.75) is 25.1 Å². The summed E-state index contributed by atoms with van der Waals surface area (Å²) in [6, 6.07) is 3.08. The number of ketones is 1. The molecule has 7 nitrogen and oxygen atoms in total. The number of anilines is 1. The van der Waals surface area contributed by atoms with Crippen molar-refractivity contribution in [3.8, 4) is 0 Å². The van der Waals surface area contributed by atoms with Gasteiger partial charge in [-0.05, 0) is 24.3 Å². The van der Waals surface area contributed by atoms with E-state index in [1.807, 2.05) is 5.32 Å². The van der Waals surface area contributed by atoms with Crippen molar-refractivity contribution in [1.82, 2.24) is 5.32 Å². The van der Waals surface area contributed by atoms with Gasteiger partial charge < -0.3 is 10.1 Å². The number of hydrogen-bond acceptors (Lipinski definition) is 5. The van der Waals surface area contributed by atoms with Gasteiger partial charge in [0.2, 0.25) is 0 Å². The topological polar surface area (TPSA) is 88.1 Å². The molecule has 0 bridgehead atoms. The number of nitrogens with one attached hydrogen (secondary N) is 1. The molecular weight excluding hydrogens is 374 g/mol. The van der Waals surface area contributed by atoms with E-state index in [0.29, 0.717) is 0 Å². The minimum atomic E-state index is -4.56. The van der Waals surface area contributed by atoms with E-state index in [4.69, 9.17) is 0 Å². The molecule has 0 spiro atoms. The van der Waals surface area contributed by atoms with Crippen molar-refractivity contribution in [3.63, 3.8) is 0 Å². The highest BCUT2D eigenvalue weighted by atomic mass is 19.4. The van der Waals surface area contributed by atoms with Gasteiger partial charge in [0.25, 0.3) is 11.8 Å². The molecule has 0 radical (unpaired) electrons. The van der Waals surface area contributed by atoms with E-state index in [0.717, 1.165) is 24.3 Å². The van der Waals surface area contributed by atoms with Crippen LogP contribution >= 0.6 is 0 Å². The Labute approximate surface area is 151 Å². The average molecular weight is 389 g/mol. The standard InChI is InChI=1S/C16H15F4N3O4/c1-27-8-10(7-16(18,19)20)21-15(26)14-12(24)6-13(25)23(22-14)11-4-2-9(17)3-5-11/h2-5,10H,6-8H2,1H3,(H,21,26). The van der Waals surface area contributed by atoms with Crippen LogP contribution in [0.5, 0.6) is 0 Å². The Bertz CT molecular complexity index is 762. The van der Waals surface area contributed by atoms with E-state index < -0.39 is 60.8 Å². The summed E-state index contributed by atoms with van der Waals surface area (Å²) >= 11 is 0. The van der Waals surface area contributed by atoms with Gasteiger partial charge in [0.05, 0.1) is 31.2 Å². The SMILES string of the molecule is COCC(CC(F)(F)F)NC(=O)C1=NN(c2ccc(F)cc2)C(=O)CC1=O. The monoisotopic (exact) mass is 389 g/mol. The first kappa shape index (κ1) is 20.5. The molecule has 0 saturated heterocycles. The molecule has 0 aliphatic carbocycles. The van der Waals surface area contributed by atoms with Crippen LogP contribution in [0.1, 0.15) is 12.8 Å². The Morgan fingerprint density at radius 1 is 1.30 bits per heavy atom. The fraction of sp³-hybridized carbons (Fsp3) is 0.375. The molecular formula is C16H15F4N3O4. The van der Waals surface area contributed by atoms with Crippen molar-refractivity contribution in [2.24, 2.45) is 5.10 Å². The maximum atomic E-state index is 13.0. The third-order valence-electron chi connectivity index (χ3n) is 3.48. The van der Waals surface area contributed by atoms with Crippen molar-refractivity contribution in [3.05, 3.63) is 30.1 Å². The Morgan fingerprint density at radius 3 is 2.48 bits per heavy atom. The summed E-state index contributed by atoms with van der Waals surface area (Å²) in [7, 11) is 1.16. The summed E-state index contributed by atoms with van der Waals surface area (Å²) in [5, 5.41) is 6.41. The first-order valence-corrected chi connectivity index (χ1v) is 7.67. The average Bonchev–Trinajstić information content (AvgIpc) is 2.54. The van der Waals surface area contributed by atoms with E-state index in [1.54, 1.807) is 0 Å². The lowest BCUT2D eigenvalue weighted by molar-refractivity contribution is -0.144. The number of methoxy groups -OCH3 is 1. The first-order chi connectivity index (χ1) is 12.6. The molecule has 2 rings (SSSR count). The lowest BCUT2D eigenvalue weighted by Crippen LogP contribution is -2.49. The Hall–Kier alpha value is -2.82. The van der Waals surface area contributed by atoms with Gasteiger partial charge in [0, 0.05) is 7.11 Å². The van der Waals surface area contributed by atoms with Crippen LogP contribution in [0.25, 0.3) is 0 Å². The second kappa shape index (κ2) is 8.25. The van der Waals surface area contributed by atoms with Crippen LogP contribution in [0.15, 0.2) is 29.4 Å². The molecule has 146 valence electrons. The maximum Gasteiger partial charge on any atom is 0.391 e. The lowest BCUT2D eigenvalue weighted by Gasteiger charge is -2.24. The molecule has 1 unspecified atom stereocenters. The van der Waals surface area contributed by atoms with E-state index in [2.05, 4.69) is 9.84 Å². The summed E-state index contributed by atoms with van der Waals surface area (Å²) < 4.78 is 55.4. The van der Waals surface area contributed by atoms with E-state index in [9.17, 15) is 31.9 Å². The number of ether oxygens (including phenoxy) is 1. The van der Waals surface area contributed by atoms with Gasteiger partial charge in [-0.3, -0.25) is 14.4 Å². The zero-order valence-electron chi connectivity index (χ0n) is 14.0. The van der Waals surface area contributed by atoms with Crippen molar-refractivity contribution in [1.29, 1.82) is 0 Å². The molecule has 1 aromatic rings. The number of alkyl halides is 3. The number of Topliss-reactive ketones (excluding diaryl/α,β-unsaturated/α-hetero) is 1. The number of carbonyl (C=O) groups excluding carboxylic acids is 3. The molecule has 11 heteroatoms. The second-order valence-corrected chi connectivity index (χ2v) is 5.68. The molecule has 1 aliphatic heterocycles. The highest BCUT2D eigenvalue weighted by Gasteiger charge is 2.36. The predicted molar refractivity (Wildman–Crippen MR) is 85.4 cm³/mol. The predicted octanol–water partition coefficient (Wildman–Crippen LogP) is 1.57. The molecule has 1 atom stereocenters. The van der Waals surface area contributed by atoms with Crippen LogP contribution in [-0.2, 0) is 19.1 Å². The van der Waals surface area contributed by atoms with Crippen molar-refractivity contribution in [2.75, 3.05) is 18.7 Å². The fourth-order valence-electron chi connectivity index (χ4n) is 2.35. The summed E-state index contributed by atoms with van der Waals surface area (Å²) in [5.74, 6) is -3.42.